The van der Waals surface area contributed by atoms with Crippen LogP contribution in [0.15, 0.2) is 12.2 Å². The van der Waals surface area contributed by atoms with Crippen LogP contribution in [0.4, 0.5) is 0 Å². The molecule has 0 atom stereocenters. The van der Waals surface area contributed by atoms with Crippen molar-refractivity contribution in [3.05, 3.63) is 12.2 Å². The van der Waals surface area contributed by atoms with Crippen LogP contribution >= 0.6 is 11.6 Å². The van der Waals surface area contributed by atoms with Crippen LogP contribution in [0.5, 0.6) is 0 Å². The molecule has 2 aliphatic rings. The van der Waals surface area contributed by atoms with Crippen molar-refractivity contribution in [3.63, 3.8) is 0 Å². The minimum Gasteiger partial charge on any atom is -0.381 e. The van der Waals surface area contributed by atoms with Crippen LogP contribution in [0.3, 0.4) is 0 Å². The molecule has 90 valence electrons. The zero-order valence-electron chi connectivity index (χ0n) is 9.45. The Morgan fingerprint density at radius 3 is 2.81 bits per heavy atom. The maximum Gasteiger partial charge on any atom is 0.237 e. The topological polar surface area (TPSA) is 29.5 Å². The Morgan fingerprint density at radius 1 is 1.38 bits per heavy atom. The third-order valence-corrected chi connectivity index (χ3v) is 3.82. The number of carbonyl (C=O) groups excluding carboxylic acids is 1. The number of nitrogens with zero attached hydrogens (tertiary/aromatic N) is 1. The highest BCUT2D eigenvalue weighted by Gasteiger charge is 2.35. The fourth-order valence-corrected chi connectivity index (χ4v) is 2.68. The van der Waals surface area contributed by atoms with Crippen molar-refractivity contribution in [2.24, 2.45) is 5.41 Å². The highest BCUT2D eigenvalue weighted by molar-refractivity contribution is 6.27. The van der Waals surface area contributed by atoms with E-state index in [0.717, 1.165) is 39.0 Å². The molecule has 0 aromatic carbocycles. The average molecular weight is 244 g/mol. The van der Waals surface area contributed by atoms with Crippen LogP contribution in [-0.4, -0.2) is 43.0 Å². The maximum atomic E-state index is 11.7. The van der Waals surface area contributed by atoms with Crippen molar-refractivity contribution in [3.8, 4) is 0 Å². The molecule has 0 unspecified atom stereocenters. The van der Waals surface area contributed by atoms with Gasteiger partial charge >= 0.3 is 0 Å². The molecule has 0 N–H and O–H groups in total. The van der Waals surface area contributed by atoms with Gasteiger partial charge in [-0.3, -0.25) is 4.79 Å². The van der Waals surface area contributed by atoms with Gasteiger partial charge in [-0.05, 0) is 24.7 Å². The summed E-state index contributed by atoms with van der Waals surface area (Å²) in [6.45, 7) is 3.16. The fourth-order valence-electron chi connectivity index (χ4n) is 2.51. The standard InChI is InChI=1S/C12H18ClNO2/c13-9-11(15)14-6-2-1-3-12(10-14)4-7-16-8-5-12/h1-2H,3-10H2. The van der Waals surface area contributed by atoms with E-state index < -0.39 is 0 Å². The van der Waals surface area contributed by atoms with E-state index in [1.165, 1.54) is 0 Å². The predicted molar refractivity (Wildman–Crippen MR) is 63.5 cm³/mol. The monoisotopic (exact) mass is 243 g/mol. The number of hydrogen-bond acceptors (Lipinski definition) is 2. The second-order valence-corrected chi connectivity index (χ2v) is 4.96. The lowest BCUT2D eigenvalue weighted by atomic mass is 9.77. The molecule has 1 saturated heterocycles. The number of hydrogen-bond donors (Lipinski definition) is 0. The third kappa shape index (κ3) is 2.58. The lowest BCUT2D eigenvalue weighted by molar-refractivity contribution is -0.130. The van der Waals surface area contributed by atoms with Gasteiger partial charge in [0, 0.05) is 26.3 Å². The molecule has 1 fully saturated rings. The van der Waals surface area contributed by atoms with Crippen LogP contribution in [0, 0.1) is 5.41 Å². The van der Waals surface area contributed by atoms with Gasteiger partial charge in [-0.15, -0.1) is 11.6 Å². The molecular formula is C12H18ClNO2. The maximum absolute atomic E-state index is 11.7. The van der Waals surface area contributed by atoms with Gasteiger partial charge in [-0.1, -0.05) is 12.2 Å². The Kier molecular flexibility index (Phi) is 3.87. The molecule has 0 saturated carbocycles. The SMILES string of the molecule is O=C(CCl)N1CC=CCC2(CCOCC2)C1. The number of carbonyl (C=O) groups is 1. The van der Waals surface area contributed by atoms with E-state index in [9.17, 15) is 4.79 Å². The molecule has 2 aliphatic heterocycles. The Labute approximate surface area is 101 Å². The molecule has 2 heterocycles. The van der Waals surface area contributed by atoms with Crippen LogP contribution in [0.25, 0.3) is 0 Å². The van der Waals surface area contributed by atoms with Gasteiger partial charge in [-0.25, -0.2) is 0 Å². The van der Waals surface area contributed by atoms with Crippen molar-refractivity contribution in [1.29, 1.82) is 0 Å². The lowest BCUT2D eigenvalue weighted by Crippen LogP contribution is -2.43. The summed E-state index contributed by atoms with van der Waals surface area (Å²) < 4.78 is 5.41. The summed E-state index contributed by atoms with van der Waals surface area (Å²) in [5.41, 5.74) is 0.229. The van der Waals surface area contributed by atoms with Gasteiger partial charge in [0.05, 0.1) is 0 Å². The van der Waals surface area contributed by atoms with E-state index >= 15 is 0 Å². The van der Waals surface area contributed by atoms with Crippen molar-refractivity contribution in [2.75, 3.05) is 32.2 Å². The van der Waals surface area contributed by atoms with Crippen LogP contribution in [0.2, 0.25) is 0 Å². The van der Waals surface area contributed by atoms with Gasteiger partial charge in [0.15, 0.2) is 0 Å². The summed E-state index contributed by atoms with van der Waals surface area (Å²) in [7, 11) is 0. The molecular weight excluding hydrogens is 226 g/mol. The van der Waals surface area contributed by atoms with Crippen molar-refractivity contribution >= 4 is 17.5 Å². The number of allylic oxidation sites excluding steroid dienone is 1. The zero-order chi connectivity index (χ0) is 11.4. The summed E-state index contributed by atoms with van der Waals surface area (Å²) in [5.74, 6) is 0.125. The quantitative estimate of drug-likeness (QED) is 0.519. The molecule has 1 spiro atoms. The van der Waals surface area contributed by atoms with Crippen molar-refractivity contribution < 1.29 is 9.53 Å². The second kappa shape index (κ2) is 5.19. The zero-order valence-corrected chi connectivity index (χ0v) is 10.2. The van der Waals surface area contributed by atoms with E-state index in [2.05, 4.69) is 12.2 Å². The highest BCUT2D eigenvalue weighted by atomic mass is 35.5. The van der Waals surface area contributed by atoms with Gasteiger partial charge in [0.25, 0.3) is 0 Å². The van der Waals surface area contributed by atoms with Crippen LogP contribution in [-0.2, 0) is 9.53 Å². The predicted octanol–water partition coefficient (Wildman–Crippen LogP) is 1.81. The van der Waals surface area contributed by atoms with Crippen LogP contribution < -0.4 is 0 Å². The number of rotatable bonds is 1. The Bertz CT molecular complexity index is 285. The first-order valence-electron chi connectivity index (χ1n) is 5.82. The largest absolute Gasteiger partial charge is 0.381 e. The molecule has 16 heavy (non-hydrogen) atoms. The summed E-state index contributed by atoms with van der Waals surface area (Å²) >= 11 is 5.63. The molecule has 0 aromatic heterocycles. The number of amides is 1. The molecule has 0 bridgehead atoms. The lowest BCUT2D eigenvalue weighted by Gasteiger charge is -2.39. The first-order valence-corrected chi connectivity index (χ1v) is 6.36. The molecule has 3 nitrogen and oxygen atoms in total. The normalized spacial score (nSPS) is 24.4. The first kappa shape index (κ1) is 11.9. The van der Waals surface area contributed by atoms with Crippen molar-refractivity contribution in [2.45, 2.75) is 19.3 Å². The first-order chi connectivity index (χ1) is 7.76. The summed E-state index contributed by atoms with van der Waals surface area (Å²) in [5, 5.41) is 0. The van der Waals surface area contributed by atoms with Gasteiger partial charge in [0.1, 0.15) is 5.88 Å². The van der Waals surface area contributed by atoms with Crippen LogP contribution in [0.1, 0.15) is 19.3 Å². The molecule has 4 heteroatoms. The van der Waals surface area contributed by atoms with E-state index in [-0.39, 0.29) is 17.2 Å². The summed E-state index contributed by atoms with van der Waals surface area (Å²) in [6, 6.07) is 0. The van der Waals surface area contributed by atoms with E-state index in [1.54, 1.807) is 0 Å². The molecule has 0 radical (unpaired) electrons. The molecule has 1 amide bonds. The minimum atomic E-state index is 0.0408. The smallest absolute Gasteiger partial charge is 0.237 e. The number of ether oxygens (including phenoxy) is 1. The number of alkyl halides is 1. The third-order valence-electron chi connectivity index (χ3n) is 3.59. The Balaban J connectivity index is 2.08. The van der Waals surface area contributed by atoms with Gasteiger partial charge in [-0.2, -0.15) is 0 Å². The minimum absolute atomic E-state index is 0.0408. The fraction of sp³-hybridized carbons (Fsp3) is 0.750. The molecule has 0 aromatic rings. The van der Waals surface area contributed by atoms with Gasteiger partial charge in [0.2, 0.25) is 5.91 Å². The highest BCUT2D eigenvalue weighted by Crippen LogP contribution is 2.36. The average Bonchev–Trinajstić information content (AvgIpc) is 2.52. The molecule has 0 aliphatic carbocycles. The summed E-state index contributed by atoms with van der Waals surface area (Å²) in [6.07, 6.45) is 7.43. The van der Waals surface area contributed by atoms with E-state index in [0.29, 0.717) is 6.54 Å². The summed E-state index contributed by atoms with van der Waals surface area (Å²) in [4.78, 5) is 13.6. The van der Waals surface area contributed by atoms with E-state index in [1.807, 2.05) is 4.90 Å². The molecule has 2 rings (SSSR count). The van der Waals surface area contributed by atoms with E-state index in [4.69, 9.17) is 16.3 Å². The Hall–Kier alpha value is -0.540. The van der Waals surface area contributed by atoms with Crippen molar-refractivity contribution in [1.82, 2.24) is 4.90 Å². The van der Waals surface area contributed by atoms with Gasteiger partial charge < -0.3 is 9.64 Å². The second-order valence-electron chi connectivity index (χ2n) is 4.70. The Morgan fingerprint density at radius 2 is 2.12 bits per heavy atom. The number of halogens is 1.